The lowest BCUT2D eigenvalue weighted by atomic mass is 9.78. The normalized spacial score (nSPS) is 21.9. The minimum atomic E-state index is -0.222. The van der Waals surface area contributed by atoms with Crippen molar-refractivity contribution >= 4 is 29.4 Å². The molecule has 5 nitrogen and oxygen atoms in total. The maximum Gasteiger partial charge on any atom is 0.162 e. The summed E-state index contributed by atoms with van der Waals surface area (Å²) in [6.45, 7) is 4.47. The van der Waals surface area contributed by atoms with Gasteiger partial charge in [-0.15, -0.1) is 11.8 Å². The SMILES string of the molecule is COc1ccc(NC2=C3SCC(C=O)N=C3CC(C)(C)C2)cc1OC. The number of methoxy groups -OCH3 is 2. The van der Waals surface area contributed by atoms with E-state index < -0.39 is 0 Å². The number of ether oxygens (including phenoxy) is 2. The number of thioether (sulfide) groups is 1. The lowest BCUT2D eigenvalue weighted by Crippen LogP contribution is -2.32. The molecule has 6 heteroatoms. The Hall–Kier alpha value is -1.95. The molecule has 2 aliphatic rings. The summed E-state index contributed by atoms with van der Waals surface area (Å²) in [6, 6.07) is 5.59. The zero-order chi connectivity index (χ0) is 18.0. The van der Waals surface area contributed by atoms with Crippen molar-refractivity contribution in [2.75, 3.05) is 25.3 Å². The quantitative estimate of drug-likeness (QED) is 0.807. The molecular formula is C19H24N2O3S. The largest absolute Gasteiger partial charge is 0.493 e. The van der Waals surface area contributed by atoms with Crippen LogP contribution in [0.25, 0.3) is 0 Å². The molecule has 0 fully saturated rings. The zero-order valence-electron chi connectivity index (χ0n) is 15.1. The van der Waals surface area contributed by atoms with Gasteiger partial charge in [0.15, 0.2) is 11.5 Å². The summed E-state index contributed by atoms with van der Waals surface area (Å²) < 4.78 is 10.7. The van der Waals surface area contributed by atoms with Crippen LogP contribution in [-0.2, 0) is 4.79 Å². The van der Waals surface area contributed by atoms with Crippen LogP contribution in [0.5, 0.6) is 11.5 Å². The van der Waals surface area contributed by atoms with E-state index in [0.29, 0.717) is 17.3 Å². The molecule has 1 aromatic rings. The molecule has 0 bridgehead atoms. The molecule has 1 aliphatic heterocycles. The van der Waals surface area contributed by atoms with Gasteiger partial charge in [0.05, 0.1) is 19.9 Å². The lowest BCUT2D eigenvalue weighted by molar-refractivity contribution is -0.108. The molecule has 1 aromatic carbocycles. The third kappa shape index (κ3) is 3.84. The summed E-state index contributed by atoms with van der Waals surface area (Å²) >= 11 is 1.72. The van der Waals surface area contributed by atoms with Crippen molar-refractivity contribution in [1.29, 1.82) is 0 Å². The number of carbonyl (C=O) groups excluding carboxylic acids is 1. The number of nitrogens with zero attached hydrogens (tertiary/aromatic N) is 1. The number of anilines is 1. The number of fused-ring (bicyclic) bond motifs is 1. The molecular weight excluding hydrogens is 336 g/mol. The molecule has 0 spiro atoms. The van der Waals surface area contributed by atoms with E-state index in [4.69, 9.17) is 9.47 Å². The number of aliphatic imine (C=N–C) groups is 1. The van der Waals surface area contributed by atoms with Crippen molar-refractivity contribution in [3.05, 3.63) is 28.8 Å². The van der Waals surface area contributed by atoms with E-state index in [1.54, 1.807) is 26.0 Å². The number of hydrogen-bond acceptors (Lipinski definition) is 6. The Kier molecular flexibility index (Phi) is 5.08. The molecule has 1 heterocycles. The minimum absolute atomic E-state index is 0.104. The van der Waals surface area contributed by atoms with Crippen molar-refractivity contribution in [2.24, 2.45) is 10.4 Å². The molecule has 0 amide bonds. The Morgan fingerprint density at radius 1 is 1.24 bits per heavy atom. The Bertz CT molecular complexity index is 740. The van der Waals surface area contributed by atoms with Crippen LogP contribution in [0, 0.1) is 5.41 Å². The maximum atomic E-state index is 11.1. The summed E-state index contributed by atoms with van der Waals surface area (Å²) in [6.07, 6.45) is 2.78. The van der Waals surface area contributed by atoms with E-state index in [1.165, 1.54) is 4.91 Å². The summed E-state index contributed by atoms with van der Waals surface area (Å²) in [5.74, 6) is 2.11. The first-order chi connectivity index (χ1) is 12.0. The fourth-order valence-electron chi connectivity index (χ4n) is 3.27. The van der Waals surface area contributed by atoms with Crippen LogP contribution in [0.4, 0.5) is 5.69 Å². The van der Waals surface area contributed by atoms with Crippen LogP contribution in [-0.4, -0.2) is 38.0 Å². The molecule has 134 valence electrons. The average Bonchev–Trinajstić information content (AvgIpc) is 2.60. The van der Waals surface area contributed by atoms with Crippen molar-refractivity contribution < 1.29 is 14.3 Å². The maximum absolute atomic E-state index is 11.1. The first-order valence-corrected chi connectivity index (χ1v) is 9.31. The predicted octanol–water partition coefficient (Wildman–Crippen LogP) is 3.90. The van der Waals surface area contributed by atoms with Crippen molar-refractivity contribution in [3.63, 3.8) is 0 Å². The smallest absolute Gasteiger partial charge is 0.162 e. The van der Waals surface area contributed by atoms with Crippen LogP contribution < -0.4 is 14.8 Å². The summed E-state index contributed by atoms with van der Waals surface area (Å²) in [5, 5.41) is 3.55. The fourth-order valence-corrected chi connectivity index (χ4v) is 4.35. The molecule has 25 heavy (non-hydrogen) atoms. The lowest BCUT2D eigenvalue weighted by Gasteiger charge is -2.36. The molecule has 1 N–H and O–H groups in total. The number of nitrogens with one attached hydrogen (secondary N) is 1. The van der Waals surface area contributed by atoms with Gasteiger partial charge in [0, 0.05) is 28.1 Å². The van der Waals surface area contributed by atoms with Gasteiger partial charge in [-0.25, -0.2) is 0 Å². The Morgan fingerprint density at radius 2 is 2.00 bits per heavy atom. The summed E-state index contributed by atoms with van der Waals surface area (Å²) in [5.41, 5.74) is 3.27. The van der Waals surface area contributed by atoms with E-state index in [0.717, 1.165) is 36.2 Å². The molecule has 0 saturated carbocycles. The van der Waals surface area contributed by atoms with Gasteiger partial charge >= 0.3 is 0 Å². The van der Waals surface area contributed by atoms with Gasteiger partial charge in [0.1, 0.15) is 12.3 Å². The number of rotatable bonds is 5. The Balaban J connectivity index is 1.94. The van der Waals surface area contributed by atoms with E-state index in [1.807, 2.05) is 18.2 Å². The van der Waals surface area contributed by atoms with Gasteiger partial charge in [0.2, 0.25) is 0 Å². The highest BCUT2D eigenvalue weighted by atomic mass is 32.2. The van der Waals surface area contributed by atoms with Gasteiger partial charge < -0.3 is 19.6 Å². The molecule has 0 aromatic heterocycles. The predicted molar refractivity (Wildman–Crippen MR) is 103 cm³/mol. The van der Waals surface area contributed by atoms with Crippen LogP contribution in [0.15, 0.2) is 33.8 Å². The van der Waals surface area contributed by atoms with Crippen LogP contribution >= 0.6 is 11.8 Å². The fraction of sp³-hybridized carbons (Fsp3) is 0.474. The number of hydrogen-bond donors (Lipinski definition) is 1. The molecule has 0 radical (unpaired) electrons. The van der Waals surface area contributed by atoms with Crippen molar-refractivity contribution in [3.8, 4) is 11.5 Å². The second-order valence-corrected chi connectivity index (χ2v) is 8.14. The van der Waals surface area contributed by atoms with E-state index in [-0.39, 0.29) is 11.5 Å². The summed E-state index contributed by atoms with van der Waals surface area (Å²) in [4.78, 5) is 17.0. The van der Waals surface area contributed by atoms with Crippen LogP contribution in [0.1, 0.15) is 26.7 Å². The van der Waals surface area contributed by atoms with Gasteiger partial charge in [-0.05, 0) is 30.4 Å². The molecule has 1 unspecified atom stereocenters. The van der Waals surface area contributed by atoms with Gasteiger partial charge in [-0.3, -0.25) is 4.99 Å². The number of carbonyl (C=O) groups is 1. The highest BCUT2D eigenvalue weighted by Crippen LogP contribution is 2.43. The first kappa shape index (κ1) is 17.9. The summed E-state index contributed by atoms with van der Waals surface area (Å²) in [7, 11) is 3.26. The number of benzene rings is 1. The molecule has 1 atom stereocenters. The van der Waals surface area contributed by atoms with E-state index in [9.17, 15) is 4.79 Å². The Labute approximate surface area is 152 Å². The Morgan fingerprint density at radius 3 is 2.68 bits per heavy atom. The minimum Gasteiger partial charge on any atom is -0.493 e. The molecule has 3 rings (SSSR count). The van der Waals surface area contributed by atoms with Gasteiger partial charge in [-0.1, -0.05) is 13.8 Å². The standard InChI is InChI=1S/C19H24N2O3S/c1-19(2)8-14(18-15(9-19)21-13(10-22)11-25-18)20-12-5-6-16(23-3)17(7-12)24-4/h5-7,10,13,20H,8-9,11H2,1-4H3. The van der Waals surface area contributed by atoms with E-state index >= 15 is 0 Å². The average molecular weight is 360 g/mol. The monoisotopic (exact) mass is 360 g/mol. The van der Waals surface area contributed by atoms with Crippen LogP contribution in [0.3, 0.4) is 0 Å². The second kappa shape index (κ2) is 7.12. The zero-order valence-corrected chi connectivity index (χ0v) is 15.9. The van der Waals surface area contributed by atoms with Crippen molar-refractivity contribution in [2.45, 2.75) is 32.7 Å². The topological polar surface area (TPSA) is 59.9 Å². The highest BCUT2D eigenvalue weighted by Gasteiger charge is 2.34. The van der Waals surface area contributed by atoms with Gasteiger partial charge in [-0.2, -0.15) is 0 Å². The first-order valence-electron chi connectivity index (χ1n) is 8.33. The third-order valence-corrected chi connectivity index (χ3v) is 5.67. The second-order valence-electron chi connectivity index (χ2n) is 7.11. The molecule has 0 saturated heterocycles. The van der Waals surface area contributed by atoms with Crippen LogP contribution in [0.2, 0.25) is 0 Å². The third-order valence-electron chi connectivity index (χ3n) is 4.39. The molecule has 1 aliphatic carbocycles. The van der Waals surface area contributed by atoms with Gasteiger partial charge in [0.25, 0.3) is 0 Å². The number of aldehydes is 1. The highest BCUT2D eigenvalue weighted by molar-refractivity contribution is 8.04. The van der Waals surface area contributed by atoms with Crippen molar-refractivity contribution in [1.82, 2.24) is 0 Å². The number of allylic oxidation sites excluding steroid dienone is 2. The van der Waals surface area contributed by atoms with E-state index in [2.05, 4.69) is 24.2 Å².